The third kappa shape index (κ3) is 3.14. The summed E-state index contributed by atoms with van der Waals surface area (Å²) < 4.78 is 0. The third-order valence-electron chi connectivity index (χ3n) is 7.34. The molecule has 0 radical (unpaired) electrons. The van der Waals surface area contributed by atoms with E-state index in [0.717, 1.165) is 6.42 Å². The van der Waals surface area contributed by atoms with E-state index in [1.165, 1.54) is 71.3 Å². The van der Waals surface area contributed by atoms with Crippen molar-refractivity contribution in [2.75, 3.05) is 0 Å². The van der Waals surface area contributed by atoms with Gasteiger partial charge in [-0.25, -0.2) is 0 Å². The summed E-state index contributed by atoms with van der Waals surface area (Å²) in [5, 5.41) is 7.93. The first kappa shape index (κ1) is 20.7. The van der Waals surface area contributed by atoms with Crippen LogP contribution in [0.1, 0.15) is 23.6 Å². The van der Waals surface area contributed by atoms with Gasteiger partial charge in [-0.1, -0.05) is 116 Å². The maximum absolute atomic E-state index is 2.44. The van der Waals surface area contributed by atoms with E-state index < -0.39 is 0 Å². The standard InChI is InChI=1S/C34H28/c1-4-24-21-32(27-12-6-5-11-26(27)23(24)3)34-30-15-9-7-13-28(30)33(25-19-17-22(2)18-20-25)29-14-8-10-16-31(29)34/h5-21H,4H2,1-3H3. The summed E-state index contributed by atoms with van der Waals surface area (Å²) in [5.74, 6) is 0. The average Bonchev–Trinajstić information content (AvgIpc) is 2.89. The molecule has 6 rings (SSSR count). The highest BCUT2D eigenvalue weighted by Crippen LogP contribution is 2.46. The Bertz CT molecular complexity index is 1630. The minimum Gasteiger partial charge on any atom is -0.0616 e. The molecule has 0 atom stereocenters. The van der Waals surface area contributed by atoms with Crippen LogP contribution in [0.25, 0.3) is 54.6 Å². The lowest BCUT2D eigenvalue weighted by Gasteiger charge is -2.20. The highest BCUT2D eigenvalue weighted by molar-refractivity contribution is 6.23. The van der Waals surface area contributed by atoms with Gasteiger partial charge >= 0.3 is 0 Å². The number of fused-ring (bicyclic) bond motifs is 3. The second-order valence-electron chi connectivity index (χ2n) is 9.31. The summed E-state index contributed by atoms with van der Waals surface area (Å²) in [6.45, 7) is 6.68. The third-order valence-corrected chi connectivity index (χ3v) is 7.34. The first-order chi connectivity index (χ1) is 16.7. The average molecular weight is 437 g/mol. The van der Waals surface area contributed by atoms with Crippen molar-refractivity contribution in [3.05, 3.63) is 120 Å². The maximum Gasteiger partial charge on any atom is -0.00200 e. The van der Waals surface area contributed by atoms with Crippen LogP contribution in [0.2, 0.25) is 0 Å². The summed E-state index contributed by atoms with van der Waals surface area (Å²) in [4.78, 5) is 0. The van der Waals surface area contributed by atoms with E-state index in [9.17, 15) is 0 Å². The van der Waals surface area contributed by atoms with Crippen LogP contribution in [0, 0.1) is 13.8 Å². The Kier molecular flexibility index (Phi) is 4.96. The zero-order valence-corrected chi connectivity index (χ0v) is 20.0. The fourth-order valence-electron chi connectivity index (χ4n) is 5.60. The maximum atomic E-state index is 2.44. The van der Waals surface area contributed by atoms with Gasteiger partial charge in [-0.15, -0.1) is 0 Å². The van der Waals surface area contributed by atoms with Gasteiger partial charge in [-0.2, -0.15) is 0 Å². The molecule has 0 aliphatic rings. The lowest BCUT2D eigenvalue weighted by Crippen LogP contribution is -1.95. The van der Waals surface area contributed by atoms with Crippen molar-refractivity contribution in [2.24, 2.45) is 0 Å². The van der Waals surface area contributed by atoms with Crippen LogP contribution in [0.4, 0.5) is 0 Å². The predicted molar refractivity (Wildman–Crippen MR) is 149 cm³/mol. The van der Waals surface area contributed by atoms with E-state index in [4.69, 9.17) is 0 Å². The summed E-state index contributed by atoms with van der Waals surface area (Å²) in [6.07, 6.45) is 1.03. The van der Waals surface area contributed by atoms with Crippen LogP contribution in [0.5, 0.6) is 0 Å². The molecule has 0 aliphatic carbocycles. The van der Waals surface area contributed by atoms with E-state index in [2.05, 4.69) is 124 Å². The summed E-state index contributed by atoms with van der Waals surface area (Å²) in [6, 6.07) is 38.2. The molecule has 0 amide bonds. The van der Waals surface area contributed by atoms with E-state index in [0.29, 0.717) is 0 Å². The summed E-state index contributed by atoms with van der Waals surface area (Å²) >= 11 is 0. The van der Waals surface area contributed by atoms with Crippen molar-refractivity contribution < 1.29 is 0 Å². The predicted octanol–water partition coefficient (Wildman–Crippen LogP) is 9.66. The fraction of sp³-hybridized carbons (Fsp3) is 0.118. The monoisotopic (exact) mass is 436 g/mol. The van der Waals surface area contributed by atoms with Gasteiger partial charge in [0, 0.05) is 0 Å². The molecular formula is C34H28. The highest BCUT2D eigenvalue weighted by atomic mass is 14.2. The van der Waals surface area contributed by atoms with Crippen molar-refractivity contribution in [1.82, 2.24) is 0 Å². The van der Waals surface area contributed by atoms with Crippen molar-refractivity contribution in [2.45, 2.75) is 27.2 Å². The smallest absolute Gasteiger partial charge is 0.00200 e. The molecule has 0 heterocycles. The van der Waals surface area contributed by atoms with E-state index in [1.807, 2.05) is 0 Å². The van der Waals surface area contributed by atoms with Crippen LogP contribution < -0.4 is 0 Å². The van der Waals surface area contributed by atoms with Gasteiger partial charge in [0.15, 0.2) is 0 Å². The van der Waals surface area contributed by atoms with Crippen molar-refractivity contribution in [3.8, 4) is 22.3 Å². The van der Waals surface area contributed by atoms with E-state index in [-0.39, 0.29) is 0 Å². The largest absolute Gasteiger partial charge is 0.0616 e. The SMILES string of the molecule is CCc1cc(-c2c3ccccc3c(-c3ccc(C)cc3)c3ccccc23)c2ccccc2c1C. The number of rotatable bonds is 3. The Balaban J connectivity index is 1.83. The quantitative estimate of drug-likeness (QED) is 0.242. The van der Waals surface area contributed by atoms with Crippen LogP contribution in [-0.2, 0) is 6.42 Å². The van der Waals surface area contributed by atoms with E-state index >= 15 is 0 Å². The Morgan fingerprint density at radius 2 is 0.971 bits per heavy atom. The van der Waals surface area contributed by atoms with Gasteiger partial charge in [-0.05, 0) is 86.0 Å². The zero-order chi connectivity index (χ0) is 23.2. The molecule has 0 heteroatoms. The lowest BCUT2D eigenvalue weighted by atomic mass is 9.83. The van der Waals surface area contributed by atoms with Gasteiger partial charge < -0.3 is 0 Å². The number of aryl methyl sites for hydroxylation is 3. The Morgan fingerprint density at radius 1 is 0.500 bits per heavy atom. The second kappa shape index (κ2) is 8.15. The van der Waals surface area contributed by atoms with Gasteiger partial charge in [0.1, 0.15) is 0 Å². The van der Waals surface area contributed by atoms with Gasteiger partial charge in [0.05, 0.1) is 0 Å². The molecule has 0 spiro atoms. The van der Waals surface area contributed by atoms with Gasteiger partial charge in [0.2, 0.25) is 0 Å². The number of hydrogen-bond donors (Lipinski definition) is 0. The molecule has 0 nitrogen and oxygen atoms in total. The fourth-order valence-corrected chi connectivity index (χ4v) is 5.60. The van der Waals surface area contributed by atoms with E-state index in [1.54, 1.807) is 0 Å². The summed E-state index contributed by atoms with van der Waals surface area (Å²) in [7, 11) is 0. The van der Waals surface area contributed by atoms with Crippen molar-refractivity contribution in [1.29, 1.82) is 0 Å². The molecule has 0 aromatic heterocycles. The van der Waals surface area contributed by atoms with Gasteiger partial charge in [0.25, 0.3) is 0 Å². The molecule has 0 bridgehead atoms. The molecule has 0 aliphatic heterocycles. The molecule has 0 unspecified atom stereocenters. The molecule has 6 aromatic rings. The second-order valence-corrected chi connectivity index (χ2v) is 9.31. The number of benzene rings is 6. The van der Waals surface area contributed by atoms with Crippen LogP contribution in [0.3, 0.4) is 0 Å². The number of hydrogen-bond acceptors (Lipinski definition) is 0. The van der Waals surface area contributed by atoms with Gasteiger partial charge in [-0.3, -0.25) is 0 Å². The first-order valence-corrected chi connectivity index (χ1v) is 12.2. The molecular weight excluding hydrogens is 408 g/mol. The molecule has 0 saturated heterocycles. The molecule has 0 fully saturated rings. The molecule has 0 saturated carbocycles. The van der Waals surface area contributed by atoms with Crippen LogP contribution in [-0.4, -0.2) is 0 Å². The molecule has 34 heavy (non-hydrogen) atoms. The van der Waals surface area contributed by atoms with Crippen molar-refractivity contribution >= 4 is 32.3 Å². The van der Waals surface area contributed by atoms with Crippen molar-refractivity contribution in [3.63, 3.8) is 0 Å². The lowest BCUT2D eigenvalue weighted by molar-refractivity contribution is 1.12. The first-order valence-electron chi connectivity index (χ1n) is 12.2. The highest BCUT2D eigenvalue weighted by Gasteiger charge is 2.19. The zero-order valence-electron chi connectivity index (χ0n) is 20.0. The minimum atomic E-state index is 1.03. The molecule has 164 valence electrons. The van der Waals surface area contributed by atoms with Crippen LogP contribution in [0.15, 0.2) is 103 Å². The molecule has 0 N–H and O–H groups in total. The Morgan fingerprint density at radius 3 is 1.50 bits per heavy atom. The molecule has 6 aromatic carbocycles. The topological polar surface area (TPSA) is 0 Å². The van der Waals surface area contributed by atoms with Crippen LogP contribution >= 0.6 is 0 Å². The Labute approximate surface area is 201 Å². The Hall–Kier alpha value is -3.90. The normalized spacial score (nSPS) is 11.5. The summed E-state index contributed by atoms with van der Waals surface area (Å²) in [5.41, 5.74) is 9.37. The minimum absolute atomic E-state index is 1.03.